The van der Waals surface area contributed by atoms with Crippen LogP contribution in [0.25, 0.3) is 0 Å². The average Bonchev–Trinajstić information content (AvgIpc) is 2.38. The highest BCUT2D eigenvalue weighted by Crippen LogP contribution is 2.38. The van der Waals surface area contributed by atoms with Crippen molar-refractivity contribution >= 4 is 27.5 Å². The van der Waals surface area contributed by atoms with Gasteiger partial charge in [0.1, 0.15) is 5.60 Å². The number of rotatable bonds is 3. The van der Waals surface area contributed by atoms with E-state index in [2.05, 4.69) is 15.9 Å². The van der Waals surface area contributed by atoms with Crippen LogP contribution in [0.4, 0.5) is 4.39 Å². The SMILES string of the molecule is COc1cccc(C(C)(O)c2ccc(Br)cc2Cl)c1F. The summed E-state index contributed by atoms with van der Waals surface area (Å²) in [4.78, 5) is 0. The maximum absolute atomic E-state index is 14.3. The third kappa shape index (κ3) is 2.68. The van der Waals surface area contributed by atoms with Crippen LogP contribution in [0.2, 0.25) is 5.02 Å². The summed E-state index contributed by atoms with van der Waals surface area (Å²) in [5.74, 6) is -0.519. The first-order chi connectivity index (χ1) is 9.37. The highest BCUT2D eigenvalue weighted by molar-refractivity contribution is 9.10. The molecule has 1 unspecified atom stereocenters. The third-order valence-electron chi connectivity index (χ3n) is 3.16. The smallest absolute Gasteiger partial charge is 0.171 e. The second kappa shape index (κ2) is 5.72. The summed E-state index contributed by atoms with van der Waals surface area (Å²) < 4.78 is 20.1. The summed E-state index contributed by atoms with van der Waals surface area (Å²) in [7, 11) is 1.38. The molecule has 1 N–H and O–H groups in total. The van der Waals surface area contributed by atoms with E-state index < -0.39 is 11.4 Å². The molecule has 20 heavy (non-hydrogen) atoms. The first-order valence-electron chi connectivity index (χ1n) is 5.88. The van der Waals surface area contributed by atoms with Crippen LogP contribution in [0.15, 0.2) is 40.9 Å². The van der Waals surface area contributed by atoms with E-state index in [0.717, 1.165) is 4.47 Å². The van der Waals surface area contributed by atoms with Crippen LogP contribution in [0.1, 0.15) is 18.1 Å². The zero-order valence-corrected chi connectivity index (χ0v) is 13.3. The maximum Gasteiger partial charge on any atom is 0.171 e. The van der Waals surface area contributed by atoms with Crippen molar-refractivity contribution in [2.75, 3.05) is 7.11 Å². The summed E-state index contributed by atoms with van der Waals surface area (Å²) >= 11 is 9.44. The van der Waals surface area contributed by atoms with Crippen LogP contribution < -0.4 is 4.74 Å². The van der Waals surface area contributed by atoms with Gasteiger partial charge in [-0.1, -0.05) is 45.7 Å². The predicted molar refractivity (Wildman–Crippen MR) is 80.8 cm³/mol. The Hall–Kier alpha value is -1.10. The minimum Gasteiger partial charge on any atom is -0.494 e. The van der Waals surface area contributed by atoms with E-state index in [1.807, 2.05) is 0 Å². The quantitative estimate of drug-likeness (QED) is 0.874. The van der Waals surface area contributed by atoms with Gasteiger partial charge >= 0.3 is 0 Å². The van der Waals surface area contributed by atoms with E-state index in [-0.39, 0.29) is 11.3 Å². The molecule has 1 atom stereocenters. The number of hydrogen-bond donors (Lipinski definition) is 1. The Morgan fingerprint density at radius 3 is 2.55 bits per heavy atom. The molecular formula is C15H13BrClFO2. The van der Waals surface area contributed by atoms with E-state index in [0.29, 0.717) is 10.6 Å². The largest absolute Gasteiger partial charge is 0.494 e. The van der Waals surface area contributed by atoms with Crippen molar-refractivity contribution in [2.45, 2.75) is 12.5 Å². The van der Waals surface area contributed by atoms with Gasteiger partial charge in [-0.3, -0.25) is 0 Å². The molecule has 0 aromatic heterocycles. The van der Waals surface area contributed by atoms with Crippen molar-refractivity contribution in [1.29, 1.82) is 0 Å². The van der Waals surface area contributed by atoms with Crippen molar-refractivity contribution < 1.29 is 14.2 Å². The Morgan fingerprint density at radius 2 is 1.95 bits per heavy atom. The van der Waals surface area contributed by atoms with Crippen LogP contribution in [-0.2, 0) is 5.60 Å². The van der Waals surface area contributed by atoms with E-state index >= 15 is 0 Å². The molecule has 0 saturated heterocycles. The summed E-state index contributed by atoms with van der Waals surface area (Å²) in [5, 5.41) is 11.1. The number of hydrogen-bond acceptors (Lipinski definition) is 2. The molecule has 0 bridgehead atoms. The molecular weight excluding hydrogens is 347 g/mol. The Balaban J connectivity index is 2.60. The van der Waals surface area contributed by atoms with Gasteiger partial charge in [0.2, 0.25) is 0 Å². The molecule has 0 aliphatic carbocycles. The van der Waals surface area contributed by atoms with Crippen molar-refractivity contribution in [3.8, 4) is 5.75 Å². The van der Waals surface area contributed by atoms with E-state index in [1.54, 1.807) is 24.3 Å². The Morgan fingerprint density at radius 1 is 1.25 bits per heavy atom. The van der Waals surface area contributed by atoms with Gasteiger partial charge in [-0.2, -0.15) is 0 Å². The van der Waals surface area contributed by atoms with Crippen LogP contribution >= 0.6 is 27.5 Å². The molecule has 2 rings (SSSR count). The van der Waals surface area contributed by atoms with Crippen LogP contribution in [0.3, 0.4) is 0 Å². The standard InChI is InChI=1S/C15H13BrClFO2/c1-15(19,10-7-6-9(16)8-12(10)17)11-4-3-5-13(20-2)14(11)18/h3-8,19H,1-2H3. The van der Waals surface area contributed by atoms with Gasteiger partial charge < -0.3 is 9.84 Å². The molecule has 2 aromatic rings. The van der Waals surface area contributed by atoms with Crippen LogP contribution in [0.5, 0.6) is 5.75 Å². The topological polar surface area (TPSA) is 29.5 Å². The minimum atomic E-state index is -1.56. The number of ether oxygens (including phenoxy) is 1. The number of benzene rings is 2. The fourth-order valence-corrected chi connectivity index (χ4v) is 2.93. The number of methoxy groups -OCH3 is 1. The van der Waals surface area contributed by atoms with Crippen molar-refractivity contribution in [3.63, 3.8) is 0 Å². The molecule has 0 aliphatic heterocycles. The van der Waals surface area contributed by atoms with Gasteiger partial charge in [0.05, 0.1) is 7.11 Å². The molecule has 2 nitrogen and oxygen atoms in total. The molecule has 0 heterocycles. The molecule has 2 aromatic carbocycles. The average molecular weight is 360 g/mol. The Labute approximate surface area is 130 Å². The molecule has 0 aliphatic rings. The van der Waals surface area contributed by atoms with Gasteiger partial charge in [0, 0.05) is 20.6 Å². The van der Waals surface area contributed by atoms with Gasteiger partial charge in [-0.15, -0.1) is 0 Å². The zero-order valence-electron chi connectivity index (χ0n) is 11.0. The highest BCUT2D eigenvalue weighted by atomic mass is 79.9. The second-order valence-electron chi connectivity index (χ2n) is 4.52. The lowest BCUT2D eigenvalue weighted by molar-refractivity contribution is 0.0973. The van der Waals surface area contributed by atoms with Gasteiger partial charge in [0.25, 0.3) is 0 Å². The maximum atomic E-state index is 14.3. The van der Waals surface area contributed by atoms with Gasteiger partial charge in [0.15, 0.2) is 11.6 Å². The van der Waals surface area contributed by atoms with E-state index in [1.165, 1.54) is 26.2 Å². The zero-order chi connectivity index (χ0) is 14.9. The summed E-state index contributed by atoms with van der Waals surface area (Å²) in [5.41, 5.74) is -1.02. The lowest BCUT2D eigenvalue weighted by atomic mass is 9.87. The van der Waals surface area contributed by atoms with Crippen molar-refractivity contribution in [3.05, 3.63) is 62.8 Å². The van der Waals surface area contributed by atoms with Crippen LogP contribution in [-0.4, -0.2) is 12.2 Å². The molecule has 0 fully saturated rings. The first-order valence-corrected chi connectivity index (χ1v) is 7.06. The van der Waals surface area contributed by atoms with E-state index in [4.69, 9.17) is 16.3 Å². The summed E-state index contributed by atoms with van der Waals surface area (Å²) in [6.45, 7) is 1.50. The molecule has 0 spiro atoms. The van der Waals surface area contributed by atoms with Gasteiger partial charge in [-0.25, -0.2) is 4.39 Å². The normalized spacial score (nSPS) is 13.9. The summed E-state index contributed by atoms with van der Waals surface area (Å²) in [6, 6.07) is 9.69. The molecule has 0 saturated carbocycles. The van der Waals surface area contributed by atoms with Crippen molar-refractivity contribution in [2.24, 2.45) is 0 Å². The number of halogens is 3. The Kier molecular flexibility index (Phi) is 4.37. The second-order valence-corrected chi connectivity index (χ2v) is 5.84. The lowest BCUT2D eigenvalue weighted by Crippen LogP contribution is -2.25. The monoisotopic (exact) mass is 358 g/mol. The highest BCUT2D eigenvalue weighted by Gasteiger charge is 2.32. The minimum absolute atomic E-state index is 0.0796. The molecule has 5 heteroatoms. The molecule has 106 valence electrons. The Bertz CT molecular complexity index is 644. The molecule has 0 radical (unpaired) electrons. The fraction of sp³-hybridized carbons (Fsp3) is 0.200. The van der Waals surface area contributed by atoms with Crippen LogP contribution in [0, 0.1) is 5.82 Å². The first kappa shape index (κ1) is 15.3. The molecule has 0 amide bonds. The van der Waals surface area contributed by atoms with Gasteiger partial charge in [-0.05, 0) is 25.1 Å². The fourth-order valence-electron chi connectivity index (χ4n) is 2.07. The van der Waals surface area contributed by atoms with Crippen molar-refractivity contribution in [1.82, 2.24) is 0 Å². The number of aliphatic hydroxyl groups is 1. The predicted octanol–water partition coefficient (Wildman–Crippen LogP) is 4.51. The lowest BCUT2D eigenvalue weighted by Gasteiger charge is -2.26. The summed E-state index contributed by atoms with van der Waals surface area (Å²) in [6.07, 6.45) is 0. The third-order valence-corrected chi connectivity index (χ3v) is 3.97. The van der Waals surface area contributed by atoms with E-state index in [9.17, 15) is 9.50 Å².